The molecule has 1 fully saturated rings. The predicted molar refractivity (Wildman–Crippen MR) is 118 cm³/mol. The van der Waals surface area contributed by atoms with Gasteiger partial charge in [-0.25, -0.2) is 0 Å². The molecule has 0 heterocycles. The summed E-state index contributed by atoms with van der Waals surface area (Å²) in [5.41, 5.74) is 0.636. The molecule has 0 saturated heterocycles. The van der Waals surface area contributed by atoms with Crippen molar-refractivity contribution in [2.75, 3.05) is 0 Å². The Morgan fingerprint density at radius 2 is 1.91 bits per heavy atom. The summed E-state index contributed by atoms with van der Waals surface area (Å²) in [5.74, 6) is -1.20. The summed E-state index contributed by atoms with van der Waals surface area (Å²) in [6.07, 6.45) is 2.65. The fourth-order valence-electron chi connectivity index (χ4n) is 3.79. The molecule has 4 unspecified atom stereocenters. The van der Waals surface area contributed by atoms with Crippen LogP contribution in [0.15, 0.2) is 54.6 Å². The zero-order valence-corrected chi connectivity index (χ0v) is 18.7. The van der Waals surface area contributed by atoms with Gasteiger partial charge in [-0.15, -0.1) is 0 Å². The highest BCUT2D eigenvalue weighted by Gasteiger charge is 2.40. The molecule has 0 bridgehead atoms. The highest BCUT2D eigenvalue weighted by atomic mass is 19.3. The number of aliphatic hydroxyl groups is 2. The number of carbonyl (C=O) groups excluding carboxylic acids is 1. The molecule has 1 aromatic rings. The molecule has 4 atom stereocenters. The number of aliphatic hydroxyl groups excluding tert-OH is 2. The van der Waals surface area contributed by atoms with E-state index in [0.717, 1.165) is 0 Å². The number of halogens is 2. The van der Waals surface area contributed by atoms with E-state index >= 15 is 0 Å². The van der Waals surface area contributed by atoms with Gasteiger partial charge in [0, 0.05) is 24.8 Å². The number of allylic oxidation sites excluding steroid dienone is 2. The monoisotopic (exact) mass is 452 g/mol. The van der Waals surface area contributed by atoms with Gasteiger partial charge in [-0.2, -0.15) is 8.78 Å². The summed E-state index contributed by atoms with van der Waals surface area (Å²) >= 11 is 0. The molecule has 2 N–H and O–H groups in total. The molecular formula is C25H34F2O5. The van der Waals surface area contributed by atoms with Gasteiger partial charge in [-0.3, -0.25) is 4.79 Å². The lowest BCUT2D eigenvalue weighted by atomic mass is 9.90. The van der Waals surface area contributed by atoms with E-state index in [1.165, 1.54) is 6.08 Å². The Bertz CT molecular complexity index is 748. The first-order valence-electron chi connectivity index (χ1n) is 11.1. The van der Waals surface area contributed by atoms with Crippen LogP contribution in [-0.4, -0.2) is 40.6 Å². The first-order valence-corrected chi connectivity index (χ1v) is 11.1. The number of ether oxygens (including phenoxy) is 2. The number of unbranched alkanes of at least 4 members (excludes halogenated alkanes) is 1. The third-order valence-electron chi connectivity index (χ3n) is 5.40. The summed E-state index contributed by atoms with van der Waals surface area (Å²) in [7, 11) is 0. The second-order valence-electron chi connectivity index (χ2n) is 8.44. The molecule has 1 aliphatic carbocycles. The third kappa shape index (κ3) is 9.18. The zero-order valence-electron chi connectivity index (χ0n) is 18.7. The predicted octanol–water partition coefficient (Wildman–Crippen LogP) is 4.78. The Morgan fingerprint density at radius 1 is 1.19 bits per heavy atom. The van der Waals surface area contributed by atoms with Crippen LogP contribution in [-0.2, 0) is 20.9 Å². The minimum absolute atomic E-state index is 0.130. The van der Waals surface area contributed by atoms with Crippen molar-refractivity contribution in [2.45, 2.75) is 77.0 Å². The van der Waals surface area contributed by atoms with Crippen LogP contribution in [0.25, 0.3) is 0 Å². The van der Waals surface area contributed by atoms with Gasteiger partial charge in [-0.05, 0) is 44.6 Å². The van der Waals surface area contributed by atoms with Crippen molar-refractivity contribution in [3.05, 3.63) is 60.2 Å². The van der Waals surface area contributed by atoms with Crippen LogP contribution in [0.2, 0.25) is 0 Å². The first kappa shape index (κ1) is 26.2. The van der Waals surface area contributed by atoms with E-state index in [1.54, 1.807) is 44.2 Å². The fraction of sp³-hybridized carbons (Fsp3) is 0.560. The van der Waals surface area contributed by atoms with Gasteiger partial charge in [0.1, 0.15) is 0 Å². The van der Waals surface area contributed by atoms with Crippen molar-refractivity contribution in [3.63, 3.8) is 0 Å². The van der Waals surface area contributed by atoms with Crippen molar-refractivity contribution >= 4 is 5.97 Å². The van der Waals surface area contributed by atoms with Gasteiger partial charge in [0.25, 0.3) is 0 Å². The average Bonchev–Trinajstić information content (AvgIpc) is 3.00. The second kappa shape index (κ2) is 12.8. The average molecular weight is 453 g/mol. The van der Waals surface area contributed by atoms with E-state index < -0.39 is 24.2 Å². The summed E-state index contributed by atoms with van der Waals surface area (Å²) < 4.78 is 38.1. The first-order chi connectivity index (χ1) is 15.2. The van der Waals surface area contributed by atoms with Gasteiger partial charge in [0.15, 0.2) is 0 Å². The maximum Gasteiger partial charge on any atom is 0.376 e. The molecule has 0 spiro atoms. The Hall–Kier alpha value is -2.09. The minimum atomic E-state index is -3.48. The second-order valence-corrected chi connectivity index (χ2v) is 8.44. The van der Waals surface area contributed by atoms with Gasteiger partial charge in [0.2, 0.25) is 0 Å². The maximum atomic E-state index is 14.1. The van der Waals surface area contributed by atoms with E-state index in [9.17, 15) is 23.8 Å². The molecule has 1 saturated carbocycles. The normalized spacial score (nSPS) is 24.1. The highest BCUT2D eigenvalue weighted by Crippen LogP contribution is 2.37. The van der Waals surface area contributed by atoms with E-state index in [4.69, 9.17) is 9.47 Å². The van der Waals surface area contributed by atoms with Crippen LogP contribution in [0.5, 0.6) is 0 Å². The third-order valence-corrected chi connectivity index (χ3v) is 5.40. The molecule has 1 aliphatic rings. The largest absolute Gasteiger partial charge is 0.463 e. The molecule has 1 aromatic carbocycles. The van der Waals surface area contributed by atoms with E-state index in [2.05, 4.69) is 0 Å². The van der Waals surface area contributed by atoms with Gasteiger partial charge >= 0.3 is 12.1 Å². The van der Waals surface area contributed by atoms with E-state index in [1.807, 2.05) is 12.2 Å². The number of esters is 1. The Labute approximate surface area is 188 Å². The SMILES string of the molecule is CC(C)OC(=O)CCCC=CCC1C(O)CC(O)C1C=CC(F)(F)OCc1ccccc1. The maximum absolute atomic E-state index is 14.1. The minimum Gasteiger partial charge on any atom is -0.463 e. The van der Waals surface area contributed by atoms with E-state index in [-0.39, 0.29) is 31.0 Å². The van der Waals surface area contributed by atoms with Crippen molar-refractivity contribution in [1.29, 1.82) is 0 Å². The number of carbonyl (C=O) groups is 1. The molecule has 5 nitrogen and oxygen atoms in total. The smallest absolute Gasteiger partial charge is 0.376 e. The highest BCUT2D eigenvalue weighted by molar-refractivity contribution is 5.69. The van der Waals surface area contributed by atoms with Crippen molar-refractivity contribution in [3.8, 4) is 0 Å². The Kier molecular flexibility index (Phi) is 10.5. The van der Waals surface area contributed by atoms with Crippen LogP contribution in [0.4, 0.5) is 8.78 Å². The summed E-state index contributed by atoms with van der Waals surface area (Å²) in [4.78, 5) is 11.5. The van der Waals surface area contributed by atoms with Crippen LogP contribution >= 0.6 is 0 Å². The van der Waals surface area contributed by atoms with Crippen molar-refractivity contribution in [2.24, 2.45) is 11.8 Å². The lowest BCUT2D eigenvalue weighted by Crippen LogP contribution is -2.22. The quantitative estimate of drug-likeness (QED) is 0.271. The lowest BCUT2D eigenvalue weighted by Gasteiger charge is -2.20. The number of hydrogen-bond acceptors (Lipinski definition) is 5. The van der Waals surface area contributed by atoms with Crippen LogP contribution < -0.4 is 0 Å². The molecule has 32 heavy (non-hydrogen) atoms. The summed E-state index contributed by atoms with van der Waals surface area (Å²) in [5, 5.41) is 20.5. The van der Waals surface area contributed by atoms with Gasteiger partial charge in [-0.1, -0.05) is 48.6 Å². The number of alkyl halides is 2. The molecule has 2 rings (SSSR count). The fourth-order valence-corrected chi connectivity index (χ4v) is 3.79. The summed E-state index contributed by atoms with van der Waals surface area (Å²) in [6, 6.07) is 8.69. The zero-order chi connectivity index (χ0) is 23.6. The van der Waals surface area contributed by atoms with Gasteiger partial charge in [0.05, 0.1) is 24.9 Å². The number of benzene rings is 1. The van der Waals surface area contributed by atoms with Crippen LogP contribution in [0.3, 0.4) is 0 Å². The van der Waals surface area contributed by atoms with E-state index in [0.29, 0.717) is 37.3 Å². The summed E-state index contributed by atoms with van der Waals surface area (Å²) in [6.45, 7) is 3.37. The van der Waals surface area contributed by atoms with Crippen molar-refractivity contribution in [1.82, 2.24) is 0 Å². The molecular weight excluding hydrogens is 418 g/mol. The topological polar surface area (TPSA) is 76.0 Å². The Morgan fingerprint density at radius 3 is 2.59 bits per heavy atom. The molecule has 0 amide bonds. The number of hydrogen-bond donors (Lipinski definition) is 2. The number of rotatable bonds is 12. The molecule has 0 aliphatic heterocycles. The van der Waals surface area contributed by atoms with Crippen LogP contribution in [0, 0.1) is 11.8 Å². The molecule has 0 radical (unpaired) electrons. The molecule has 0 aromatic heterocycles. The lowest BCUT2D eigenvalue weighted by molar-refractivity contribution is -0.208. The van der Waals surface area contributed by atoms with Crippen LogP contribution in [0.1, 0.15) is 51.5 Å². The molecule has 178 valence electrons. The van der Waals surface area contributed by atoms with Crippen molar-refractivity contribution < 1.29 is 33.3 Å². The standard InChI is InChI=1S/C25H34F2O5/c1-18(2)32-24(30)13-9-4-3-8-12-20-21(23(29)16-22(20)28)14-15-25(26,27)31-17-19-10-6-5-7-11-19/h3,5-8,10-11,14-15,18,20-23,28-29H,4,9,12-13,16-17H2,1-2H3. The Balaban J connectivity index is 1.83. The van der Waals surface area contributed by atoms with Gasteiger partial charge < -0.3 is 19.7 Å². The molecule has 7 heteroatoms.